The molecule has 0 radical (unpaired) electrons. The van der Waals surface area contributed by atoms with Gasteiger partial charge >= 0.3 is 0 Å². The third-order valence-electron chi connectivity index (χ3n) is 4.69. The van der Waals surface area contributed by atoms with Crippen molar-refractivity contribution in [2.45, 2.75) is 42.6 Å². The van der Waals surface area contributed by atoms with Crippen molar-refractivity contribution in [3.63, 3.8) is 0 Å². The summed E-state index contributed by atoms with van der Waals surface area (Å²) in [7, 11) is -3.10. The van der Waals surface area contributed by atoms with Gasteiger partial charge in [0.25, 0.3) is 5.91 Å². The predicted octanol–water partition coefficient (Wildman–Crippen LogP) is 2.91. The number of rotatable bonds is 3. The molecule has 1 aliphatic heterocycles. The van der Waals surface area contributed by atoms with Crippen LogP contribution in [0.1, 0.15) is 42.5 Å². The monoisotopic (exact) mass is 341 g/mol. The summed E-state index contributed by atoms with van der Waals surface area (Å²) in [5, 5.41) is -0.0776. The molecule has 0 aromatic heterocycles. The highest BCUT2D eigenvalue weighted by molar-refractivity contribution is 7.92. The van der Waals surface area contributed by atoms with Crippen molar-refractivity contribution in [1.82, 2.24) is 4.90 Å². The number of hydrogen-bond acceptors (Lipinski definition) is 3. The molecule has 1 aromatic carbocycles. The number of carbonyl (C=O) groups is 1. The van der Waals surface area contributed by atoms with E-state index in [1.165, 1.54) is 0 Å². The lowest BCUT2D eigenvalue weighted by atomic mass is 10.0. The van der Waals surface area contributed by atoms with Gasteiger partial charge < -0.3 is 4.90 Å². The fourth-order valence-electron chi connectivity index (χ4n) is 3.28. The van der Waals surface area contributed by atoms with E-state index in [2.05, 4.69) is 0 Å². The lowest BCUT2D eigenvalue weighted by molar-refractivity contribution is 0.0658. The van der Waals surface area contributed by atoms with Gasteiger partial charge in [0, 0.05) is 23.7 Å². The summed E-state index contributed by atoms with van der Waals surface area (Å²) in [4.78, 5) is 13.9. The van der Waals surface area contributed by atoms with Crippen molar-refractivity contribution in [1.29, 1.82) is 0 Å². The zero-order valence-electron chi connectivity index (χ0n) is 12.4. The van der Waals surface area contributed by atoms with Gasteiger partial charge in [-0.25, -0.2) is 8.42 Å². The Balaban J connectivity index is 1.62. The second-order valence-electron chi connectivity index (χ2n) is 6.19. The van der Waals surface area contributed by atoms with E-state index in [4.69, 9.17) is 11.6 Å². The first kappa shape index (κ1) is 15.8. The van der Waals surface area contributed by atoms with E-state index >= 15 is 0 Å². The maximum atomic E-state index is 12.6. The van der Waals surface area contributed by atoms with Crippen molar-refractivity contribution >= 4 is 27.3 Å². The summed E-state index contributed by atoms with van der Waals surface area (Å²) in [6.45, 7) is 0.619. The first-order valence-electron chi connectivity index (χ1n) is 7.76. The molecular weight excluding hydrogens is 322 g/mol. The number of nitrogens with zero attached hydrogens (tertiary/aromatic N) is 1. The molecule has 2 aliphatic rings. The van der Waals surface area contributed by atoms with Crippen LogP contribution in [0.15, 0.2) is 24.3 Å². The zero-order valence-corrected chi connectivity index (χ0v) is 13.9. The smallest absolute Gasteiger partial charge is 0.253 e. The van der Waals surface area contributed by atoms with Crippen molar-refractivity contribution in [3.8, 4) is 0 Å². The van der Waals surface area contributed by atoms with Gasteiger partial charge in [-0.1, -0.05) is 36.9 Å². The van der Waals surface area contributed by atoms with Gasteiger partial charge in [0.1, 0.15) is 0 Å². The molecule has 3 rings (SSSR count). The third kappa shape index (κ3) is 3.01. The minimum atomic E-state index is -3.10. The molecule has 1 heterocycles. The molecule has 1 saturated heterocycles. The molecule has 0 N–H and O–H groups in total. The quantitative estimate of drug-likeness (QED) is 0.849. The number of likely N-dealkylation sites (tertiary alicyclic amines) is 1. The van der Waals surface area contributed by atoms with E-state index in [0.717, 1.165) is 32.1 Å². The molecule has 1 aromatic rings. The molecule has 1 aliphatic carbocycles. The third-order valence-corrected chi connectivity index (χ3v) is 7.55. The van der Waals surface area contributed by atoms with Crippen molar-refractivity contribution in [3.05, 3.63) is 34.9 Å². The van der Waals surface area contributed by atoms with E-state index in [1.807, 2.05) is 0 Å². The first-order chi connectivity index (χ1) is 10.5. The molecule has 1 amide bonds. The van der Waals surface area contributed by atoms with Crippen molar-refractivity contribution in [2.24, 2.45) is 0 Å². The highest BCUT2D eigenvalue weighted by Gasteiger charge is 2.43. The lowest BCUT2D eigenvalue weighted by Gasteiger charge is -2.40. The summed E-state index contributed by atoms with van der Waals surface area (Å²) in [6, 6.07) is 6.76. The van der Waals surface area contributed by atoms with Crippen LogP contribution >= 0.6 is 11.6 Å². The fraction of sp³-hybridized carbons (Fsp3) is 0.562. The largest absolute Gasteiger partial charge is 0.336 e. The molecule has 0 unspecified atom stereocenters. The van der Waals surface area contributed by atoms with Gasteiger partial charge in [-0.05, 0) is 31.0 Å². The van der Waals surface area contributed by atoms with Crippen LogP contribution in [0.2, 0.25) is 5.02 Å². The standard InChI is InChI=1S/C16H20ClNO3S/c17-13-6-4-5-12(9-13)16(19)18-10-15(11-18)22(20,21)14-7-2-1-3-8-14/h4-6,9,14-15H,1-3,7-8,10-11H2. The molecule has 22 heavy (non-hydrogen) atoms. The van der Waals surface area contributed by atoms with Gasteiger partial charge in [-0.3, -0.25) is 4.79 Å². The Morgan fingerprint density at radius 1 is 1.09 bits per heavy atom. The van der Waals surface area contributed by atoms with Gasteiger partial charge in [-0.2, -0.15) is 0 Å². The van der Waals surface area contributed by atoms with Crippen LogP contribution in [0.3, 0.4) is 0 Å². The Morgan fingerprint density at radius 3 is 2.41 bits per heavy atom. The molecule has 120 valence electrons. The van der Waals surface area contributed by atoms with Gasteiger partial charge in [0.2, 0.25) is 0 Å². The lowest BCUT2D eigenvalue weighted by Crippen LogP contribution is -2.58. The van der Waals surface area contributed by atoms with E-state index in [-0.39, 0.29) is 11.2 Å². The number of halogens is 1. The average molecular weight is 342 g/mol. The zero-order chi connectivity index (χ0) is 15.7. The Hall–Kier alpha value is -1.07. The van der Waals surface area contributed by atoms with E-state index in [0.29, 0.717) is 23.7 Å². The van der Waals surface area contributed by atoms with Crippen LogP contribution in [0.5, 0.6) is 0 Å². The van der Waals surface area contributed by atoms with Crippen LogP contribution in [0.4, 0.5) is 0 Å². The van der Waals surface area contributed by atoms with Gasteiger partial charge in [0.05, 0.1) is 10.5 Å². The summed E-state index contributed by atoms with van der Waals surface area (Å²) in [5.74, 6) is -0.141. The van der Waals surface area contributed by atoms with Crippen LogP contribution in [-0.2, 0) is 9.84 Å². The maximum Gasteiger partial charge on any atom is 0.253 e. The number of hydrogen-bond donors (Lipinski definition) is 0. The average Bonchev–Trinajstić information content (AvgIpc) is 2.46. The predicted molar refractivity (Wildman–Crippen MR) is 86.9 cm³/mol. The van der Waals surface area contributed by atoms with Crippen molar-refractivity contribution in [2.75, 3.05) is 13.1 Å². The molecule has 4 nitrogen and oxygen atoms in total. The van der Waals surface area contributed by atoms with E-state index in [9.17, 15) is 13.2 Å². The Labute approximate surface area is 136 Å². The highest BCUT2D eigenvalue weighted by atomic mass is 35.5. The van der Waals surface area contributed by atoms with Crippen molar-refractivity contribution < 1.29 is 13.2 Å². The molecule has 6 heteroatoms. The van der Waals surface area contributed by atoms with E-state index < -0.39 is 15.1 Å². The molecule has 1 saturated carbocycles. The van der Waals surface area contributed by atoms with Gasteiger partial charge in [0.15, 0.2) is 9.84 Å². The number of sulfone groups is 1. The summed E-state index contributed by atoms with van der Waals surface area (Å²) in [6.07, 6.45) is 4.70. The topological polar surface area (TPSA) is 54.5 Å². The highest BCUT2D eigenvalue weighted by Crippen LogP contribution is 2.30. The first-order valence-corrected chi connectivity index (χ1v) is 9.75. The normalized spacial score (nSPS) is 20.7. The minimum absolute atomic E-state index is 0.141. The molecule has 0 atom stereocenters. The Morgan fingerprint density at radius 2 is 1.77 bits per heavy atom. The van der Waals surface area contributed by atoms with Crippen LogP contribution in [0, 0.1) is 0 Å². The molecular formula is C16H20ClNO3S. The number of carbonyl (C=O) groups excluding carboxylic acids is 1. The molecule has 0 spiro atoms. The Kier molecular flexibility index (Phi) is 4.46. The summed E-state index contributed by atoms with van der Waals surface area (Å²) in [5.41, 5.74) is 0.515. The second kappa shape index (κ2) is 6.20. The Bertz CT molecular complexity index is 662. The number of amides is 1. The minimum Gasteiger partial charge on any atom is -0.336 e. The summed E-state index contributed by atoms with van der Waals surface area (Å²) >= 11 is 5.89. The van der Waals surface area contributed by atoms with Gasteiger partial charge in [-0.15, -0.1) is 0 Å². The number of benzene rings is 1. The van der Waals surface area contributed by atoms with Crippen LogP contribution in [-0.4, -0.2) is 42.8 Å². The van der Waals surface area contributed by atoms with E-state index in [1.54, 1.807) is 29.2 Å². The van der Waals surface area contributed by atoms with Crippen LogP contribution < -0.4 is 0 Å². The maximum absolute atomic E-state index is 12.6. The molecule has 0 bridgehead atoms. The SMILES string of the molecule is O=C(c1cccc(Cl)c1)N1CC(S(=O)(=O)C2CCCCC2)C1. The molecule has 2 fully saturated rings. The van der Waals surface area contributed by atoms with Crippen LogP contribution in [0.25, 0.3) is 0 Å². The second-order valence-corrected chi connectivity index (χ2v) is 9.14. The fourth-order valence-corrected chi connectivity index (χ4v) is 5.78. The summed E-state index contributed by atoms with van der Waals surface area (Å²) < 4.78 is 25.1.